The van der Waals surface area contributed by atoms with Crippen molar-refractivity contribution in [2.75, 3.05) is 12.8 Å². The smallest absolute Gasteiger partial charge is 0.327 e. The van der Waals surface area contributed by atoms with Gasteiger partial charge in [-0.25, -0.2) is 17.9 Å². The molecule has 0 saturated carbocycles. The Morgan fingerprint density at radius 1 is 1.29 bits per heavy atom. The molecule has 0 aliphatic heterocycles. The van der Waals surface area contributed by atoms with E-state index in [1.54, 1.807) is 12.1 Å². The van der Waals surface area contributed by atoms with E-state index in [1.807, 2.05) is 0 Å². The highest BCUT2D eigenvalue weighted by molar-refractivity contribution is 7.99. The van der Waals surface area contributed by atoms with Crippen LogP contribution in [-0.2, 0) is 19.6 Å². The molecule has 0 saturated heterocycles. The predicted octanol–water partition coefficient (Wildman–Crippen LogP) is 0.276. The van der Waals surface area contributed by atoms with Crippen molar-refractivity contribution in [2.45, 2.75) is 22.8 Å². The summed E-state index contributed by atoms with van der Waals surface area (Å²) in [6.45, 7) is 1.25. The minimum atomic E-state index is -3.49. The molecule has 116 valence electrons. The minimum Gasteiger partial charge on any atom is -0.480 e. The van der Waals surface area contributed by atoms with Gasteiger partial charge in [0.2, 0.25) is 15.9 Å². The van der Waals surface area contributed by atoms with E-state index in [2.05, 4.69) is 10.0 Å². The summed E-state index contributed by atoms with van der Waals surface area (Å²) in [5.74, 6) is -1.39. The number of sulfonamides is 1. The molecule has 0 bridgehead atoms. The summed E-state index contributed by atoms with van der Waals surface area (Å²) < 4.78 is 25.3. The summed E-state index contributed by atoms with van der Waals surface area (Å²) >= 11 is 1.21. The van der Waals surface area contributed by atoms with E-state index in [0.29, 0.717) is 4.90 Å². The van der Waals surface area contributed by atoms with E-state index >= 15 is 0 Å². The highest BCUT2D eigenvalue weighted by Gasteiger charge is 2.18. The standard InChI is InChI=1S/C12H16N2O5S2/c1-8(15)14-11(12(16)17)7-20-9-3-5-10(6-4-9)21(18,19)13-2/h3-6,11,13H,7H2,1-2H3,(H,14,15)(H,16,17)/t11-/m0/s1. The molecular weight excluding hydrogens is 316 g/mol. The lowest BCUT2D eigenvalue weighted by Crippen LogP contribution is -2.41. The minimum absolute atomic E-state index is 0.131. The molecule has 1 atom stereocenters. The fraction of sp³-hybridized carbons (Fsp3) is 0.333. The third-order valence-electron chi connectivity index (χ3n) is 2.50. The highest BCUT2D eigenvalue weighted by atomic mass is 32.2. The fourth-order valence-corrected chi connectivity index (χ4v) is 3.08. The maximum absolute atomic E-state index is 11.5. The molecule has 1 aromatic carbocycles. The number of amides is 1. The van der Waals surface area contributed by atoms with Crippen LogP contribution in [0.25, 0.3) is 0 Å². The van der Waals surface area contributed by atoms with Gasteiger partial charge in [-0.3, -0.25) is 4.79 Å². The summed E-state index contributed by atoms with van der Waals surface area (Å²) in [5, 5.41) is 11.3. The van der Waals surface area contributed by atoms with Gasteiger partial charge in [-0.15, -0.1) is 11.8 Å². The summed E-state index contributed by atoms with van der Waals surface area (Å²) in [6.07, 6.45) is 0. The van der Waals surface area contributed by atoms with Crippen molar-refractivity contribution in [2.24, 2.45) is 0 Å². The van der Waals surface area contributed by atoms with Gasteiger partial charge in [-0.05, 0) is 31.3 Å². The van der Waals surface area contributed by atoms with Gasteiger partial charge in [0.1, 0.15) is 6.04 Å². The van der Waals surface area contributed by atoms with Gasteiger partial charge >= 0.3 is 5.97 Å². The van der Waals surface area contributed by atoms with Gasteiger partial charge in [-0.2, -0.15) is 0 Å². The van der Waals surface area contributed by atoms with E-state index in [-0.39, 0.29) is 10.6 Å². The fourth-order valence-electron chi connectivity index (χ4n) is 1.43. The number of carbonyl (C=O) groups excluding carboxylic acids is 1. The monoisotopic (exact) mass is 332 g/mol. The molecule has 7 nitrogen and oxygen atoms in total. The summed E-state index contributed by atoms with van der Waals surface area (Å²) in [7, 11) is -2.16. The van der Waals surface area contributed by atoms with Crippen LogP contribution in [0.1, 0.15) is 6.92 Å². The Morgan fingerprint density at radius 3 is 2.29 bits per heavy atom. The van der Waals surface area contributed by atoms with Gasteiger partial charge in [0, 0.05) is 17.6 Å². The highest BCUT2D eigenvalue weighted by Crippen LogP contribution is 2.21. The van der Waals surface area contributed by atoms with Crippen LogP contribution in [0.4, 0.5) is 0 Å². The molecule has 1 rings (SSSR count). The lowest BCUT2D eigenvalue weighted by molar-refractivity contribution is -0.140. The van der Waals surface area contributed by atoms with E-state index in [0.717, 1.165) is 0 Å². The molecule has 0 aromatic heterocycles. The van der Waals surface area contributed by atoms with Gasteiger partial charge in [-0.1, -0.05) is 0 Å². The molecule has 0 radical (unpaired) electrons. The molecule has 1 amide bonds. The number of hydrogen-bond acceptors (Lipinski definition) is 5. The van der Waals surface area contributed by atoms with Crippen LogP contribution in [-0.4, -0.2) is 44.2 Å². The Kier molecular flexibility index (Phi) is 6.19. The molecule has 0 spiro atoms. The Labute approximate surface area is 127 Å². The Hall–Kier alpha value is -1.58. The largest absolute Gasteiger partial charge is 0.480 e. The number of hydrogen-bond donors (Lipinski definition) is 3. The van der Waals surface area contributed by atoms with Crippen LogP contribution in [0.5, 0.6) is 0 Å². The molecule has 0 aliphatic carbocycles. The van der Waals surface area contributed by atoms with Crippen molar-refractivity contribution >= 4 is 33.7 Å². The zero-order valence-electron chi connectivity index (χ0n) is 11.5. The van der Waals surface area contributed by atoms with Crippen LogP contribution in [0.15, 0.2) is 34.1 Å². The first-order valence-corrected chi connectivity index (χ1v) is 8.39. The lowest BCUT2D eigenvalue weighted by Gasteiger charge is -2.12. The Bertz CT molecular complexity index is 613. The van der Waals surface area contributed by atoms with Crippen LogP contribution >= 0.6 is 11.8 Å². The van der Waals surface area contributed by atoms with Crippen molar-refractivity contribution in [3.05, 3.63) is 24.3 Å². The predicted molar refractivity (Wildman–Crippen MR) is 78.7 cm³/mol. The van der Waals surface area contributed by atoms with E-state index in [4.69, 9.17) is 5.11 Å². The zero-order valence-corrected chi connectivity index (χ0v) is 13.1. The second-order valence-corrected chi connectivity index (χ2v) is 7.06. The van der Waals surface area contributed by atoms with Crippen LogP contribution in [0, 0.1) is 0 Å². The molecule has 9 heteroatoms. The zero-order chi connectivity index (χ0) is 16.0. The molecular formula is C12H16N2O5S2. The van der Waals surface area contributed by atoms with Gasteiger partial charge in [0.25, 0.3) is 0 Å². The van der Waals surface area contributed by atoms with Crippen molar-refractivity contribution in [3.8, 4) is 0 Å². The van der Waals surface area contributed by atoms with Crippen molar-refractivity contribution in [1.29, 1.82) is 0 Å². The van der Waals surface area contributed by atoms with Crippen molar-refractivity contribution in [1.82, 2.24) is 10.0 Å². The third-order valence-corrected chi connectivity index (χ3v) is 5.03. The summed E-state index contributed by atoms with van der Waals surface area (Å²) in [5.41, 5.74) is 0. The molecule has 1 aromatic rings. The molecule has 0 fully saturated rings. The number of benzene rings is 1. The Balaban J connectivity index is 2.72. The van der Waals surface area contributed by atoms with E-state index in [9.17, 15) is 18.0 Å². The maximum atomic E-state index is 11.5. The van der Waals surface area contributed by atoms with Gasteiger partial charge in [0.05, 0.1) is 4.90 Å². The van der Waals surface area contributed by atoms with Crippen LogP contribution in [0.2, 0.25) is 0 Å². The number of thioether (sulfide) groups is 1. The number of rotatable bonds is 7. The topological polar surface area (TPSA) is 113 Å². The summed E-state index contributed by atoms with van der Waals surface area (Å²) in [4.78, 5) is 22.7. The number of nitrogens with one attached hydrogen (secondary N) is 2. The van der Waals surface area contributed by atoms with E-state index < -0.39 is 27.9 Å². The van der Waals surface area contributed by atoms with Gasteiger partial charge in [0.15, 0.2) is 0 Å². The average Bonchev–Trinajstić information content (AvgIpc) is 2.43. The molecule has 0 unspecified atom stereocenters. The lowest BCUT2D eigenvalue weighted by atomic mass is 10.3. The number of carboxylic acids is 1. The average molecular weight is 332 g/mol. The normalized spacial score (nSPS) is 12.7. The second kappa shape index (κ2) is 7.43. The Morgan fingerprint density at radius 2 is 1.86 bits per heavy atom. The SMILES string of the molecule is CNS(=O)(=O)c1ccc(SC[C@H](NC(C)=O)C(=O)O)cc1. The van der Waals surface area contributed by atoms with Crippen molar-refractivity contribution < 1.29 is 23.1 Å². The molecule has 3 N–H and O–H groups in total. The third kappa shape index (κ3) is 5.37. The first kappa shape index (κ1) is 17.5. The number of carboxylic acid groups (broad SMARTS) is 1. The maximum Gasteiger partial charge on any atom is 0.327 e. The number of carbonyl (C=O) groups is 2. The molecule has 0 aliphatic rings. The first-order valence-electron chi connectivity index (χ1n) is 5.92. The molecule has 0 heterocycles. The van der Waals surface area contributed by atoms with Crippen LogP contribution in [0.3, 0.4) is 0 Å². The van der Waals surface area contributed by atoms with Crippen molar-refractivity contribution in [3.63, 3.8) is 0 Å². The van der Waals surface area contributed by atoms with Crippen LogP contribution < -0.4 is 10.0 Å². The molecule has 21 heavy (non-hydrogen) atoms. The second-order valence-electron chi connectivity index (χ2n) is 4.08. The van der Waals surface area contributed by atoms with E-state index in [1.165, 1.54) is 37.9 Å². The quantitative estimate of drug-likeness (QED) is 0.618. The van der Waals surface area contributed by atoms with Gasteiger partial charge < -0.3 is 10.4 Å². The number of aliphatic carboxylic acids is 1. The first-order chi connectivity index (χ1) is 9.76. The summed E-state index contributed by atoms with van der Waals surface area (Å²) in [6, 6.07) is 5.04.